The standard InChI is InChI=1S/C29H34N6O2/c1-33-14-16-34(17-15-33)25-9-7-24(8-10-25)31-29-30-21-26(22-11-18-36-19-12-22)28(32-29)35-27(13-20-37-35)23-5-3-2-4-6-23/h2-11,21,27H,12-20H2,1H3,(H,30,31,32)/t27-/m0/s1. The number of likely N-dealkylation sites (N-methyl/N-ethyl adjacent to an activating group) is 1. The van der Waals surface area contributed by atoms with Gasteiger partial charge in [0.1, 0.15) is 0 Å². The van der Waals surface area contributed by atoms with Crippen LogP contribution in [0, 0.1) is 0 Å². The molecule has 0 spiro atoms. The summed E-state index contributed by atoms with van der Waals surface area (Å²) in [4.78, 5) is 20.7. The molecule has 4 heterocycles. The molecule has 8 heteroatoms. The van der Waals surface area contributed by atoms with Gasteiger partial charge in [-0.05, 0) is 48.9 Å². The van der Waals surface area contributed by atoms with Gasteiger partial charge in [-0.3, -0.25) is 4.84 Å². The van der Waals surface area contributed by atoms with E-state index in [0.29, 0.717) is 25.8 Å². The Morgan fingerprint density at radius 3 is 2.51 bits per heavy atom. The van der Waals surface area contributed by atoms with Gasteiger partial charge in [0.15, 0.2) is 5.82 Å². The Labute approximate surface area is 218 Å². The molecule has 0 amide bonds. The van der Waals surface area contributed by atoms with Gasteiger partial charge in [-0.2, -0.15) is 4.98 Å². The Kier molecular flexibility index (Phi) is 7.03. The maximum Gasteiger partial charge on any atom is 0.229 e. The number of piperazine rings is 1. The topological polar surface area (TPSA) is 66.0 Å². The number of ether oxygens (including phenoxy) is 1. The van der Waals surface area contributed by atoms with Crippen LogP contribution in [0.4, 0.5) is 23.1 Å². The lowest BCUT2D eigenvalue weighted by Gasteiger charge is -2.34. The molecule has 3 aliphatic rings. The molecule has 0 aliphatic carbocycles. The van der Waals surface area contributed by atoms with Gasteiger partial charge in [0.2, 0.25) is 5.95 Å². The first-order valence-corrected chi connectivity index (χ1v) is 13.2. The van der Waals surface area contributed by atoms with Gasteiger partial charge in [-0.1, -0.05) is 36.4 Å². The highest BCUT2D eigenvalue weighted by molar-refractivity contribution is 5.76. The van der Waals surface area contributed by atoms with Crippen LogP contribution in [-0.4, -0.2) is 67.9 Å². The van der Waals surface area contributed by atoms with E-state index in [9.17, 15) is 0 Å². The second kappa shape index (κ2) is 10.9. The van der Waals surface area contributed by atoms with Crippen LogP contribution < -0.4 is 15.3 Å². The Hall–Kier alpha value is -3.46. The highest BCUT2D eigenvalue weighted by Crippen LogP contribution is 2.39. The normalized spacial score (nSPS) is 20.7. The summed E-state index contributed by atoms with van der Waals surface area (Å²) in [5.74, 6) is 1.35. The highest BCUT2D eigenvalue weighted by atomic mass is 16.7. The van der Waals surface area contributed by atoms with E-state index in [0.717, 1.165) is 56.1 Å². The van der Waals surface area contributed by atoms with Crippen molar-refractivity contribution in [1.29, 1.82) is 0 Å². The monoisotopic (exact) mass is 498 g/mol. The second-order valence-corrected chi connectivity index (χ2v) is 9.82. The van der Waals surface area contributed by atoms with Gasteiger partial charge in [-0.25, -0.2) is 10.0 Å². The predicted octanol–water partition coefficient (Wildman–Crippen LogP) is 4.66. The van der Waals surface area contributed by atoms with Crippen molar-refractivity contribution in [2.24, 2.45) is 0 Å². The third-order valence-electron chi connectivity index (χ3n) is 7.37. The van der Waals surface area contributed by atoms with Crippen LogP contribution in [-0.2, 0) is 9.57 Å². The first-order chi connectivity index (χ1) is 18.2. The third-order valence-corrected chi connectivity index (χ3v) is 7.37. The number of rotatable bonds is 6. The number of anilines is 4. The fourth-order valence-electron chi connectivity index (χ4n) is 5.20. The number of nitrogens with one attached hydrogen (secondary N) is 1. The van der Waals surface area contributed by atoms with Gasteiger partial charge in [0, 0.05) is 55.7 Å². The summed E-state index contributed by atoms with van der Waals surface area (Å²) in [6, 6.07) is 19.2. The first-order valence-electron chi connectivity index (χ1n) is 13.2. The molecule has 192 valence electrons. The van der Waals surface area contributed by atoms with Crippen LogP contribution >= 0.6 is 0 Å². The number of aromatic nitrogens is 2. The SMILES string of the molecule is CN1CCN(c2ccc(Nc3ncc(C4=CCOCC4)c(N4OCC[C@H]4c4ccccc4)n3)cc2)CC1. The molecule has 6 rings (SSSR count). The van der Waals surface area contributed by atoms with E-state index in [2.05, 4.69) is 76.8 Å². The molecule has 2 saturated heterocycles. The molecule has 2 fully saturated rings. The molecular formula is C29H34N6O2. The van der Waals surface area contributed by atoms with Crippen molar-refractivity contribution in [2.75, 3.05) is 68.3 Å². The molecule has 0 radical (unpaired) electrons. The summed E-state index contributed by atoms with van der Waals surface area (Å²) in [5, 5.41) is 5.39. The highest BCUT2D eigenvalue weighted by Gasteiger charge is 2.32. The largest absolute Gasteiger partial charge is 0.377 e. The van der Waals surface area contributed by atoms with Crippen LogP contribution in [0.3, 0.4) is 0 Å². The Morgan fingerprint density at radius 1 is 0.946 bits per heavy atom. The van der Waals surface area contributed by atoms with Crippen LogP contribution in [0.5, 0.6) is 0 Å². The number of nitrogens with zero attached hydrogens (tertiary/aromatic N) is 5. The third kappa shape index (κ3) is 5.32. The molecule has 1 aromatic heterocycles. The minimum absolute atomic E-state index is 0.103. The molecule has 1 atom stereocenters. The van der Waals surface area contributed by atoms with Crippen LogP contribution in [0.2, 0.25) is 0 Å². The van der Waals surface area contributed by atoms with E-state index in [1.165, 1.54) is 16.8 Å². The summed E-state index contributed by atoms with van der Waals surface area (Å²) >= 11 is 0. The zero-order chi connectivity index (χ0) is 25.0. The molecule has 8 nitrogen and oxygen atoms in total. The number of benzene rings is 2. The summed E-state index contributed by atoms with van der Waals surface area (Å²) in [7, 11) is 2.18. The molecule has 37 heavy (non-hydrogen) atoms. The molecule has 0 bridgehead atoms. The smallest absolute Gasteiger partial charge is 0.229 e. The fraction of sp³-hybridized carbons (Fsp3) is 0.379. The van der Waals surface area contributed by atoms with E-state index in [4.69, 9.17) is 19.5 Å². The van der Waals surface area contributed by atoms with E-state index >= 15 is 0 Å². The van der Waals surface area contributed by atoms with Crippen molar-refractivity contribution < 1.29 is 9.57 Å². The van der Waals surface area contributed by atoms with Crippen LogP contribution in [0.15, 0.2) is 66.9 Å². The lowest BCUT2D eigenvalue weighted by Crippen LogP contribution is -2.44. The van der Waals surface area contributed by atoms with Gasteiger partial charge < -0.3 is 19.9 Å². The van der Waals surface area contributed by atoms with Crippen molar-refractivity contribution in [1.82, 2.24) is 14.9 Å². The second-order valence-electron chi connectivity index (χ2n) is 9.82. The average molecular weight is 499 g/mol. The quantitative estimate of drug-likeness (QED) is 0.527. The van der Waals surface area contributed by atoms with Crippen molar-refractivity contribution in [3.63, 3.8) is 0 Å². The van der Waals surface area contributed by atoms with Gasteiger partial charge in [-0.15, -0.1) is 0 Å². The van der Waals surface area contributed by atoms with Crippen LogP contribution in [0.25, 0.3) is 5.57 Å². The number of hydrogen-bond donors (Lipinski definition) is 1. The Balaban J connectivity index is 1.27. The number of hydroxylamine groups is 1. The summed E-state index contributed by atoms with van der Waals surface area (Å²) in [6.45, 7) is 6.25. The van der Waals surface area contributed by atoms with Crippen LogP contribution in [0.1, 0.15) is 30.0 Å². The lowest BCUT2D eigenvalue weighted by molar-refractivity contribution is 0.155. The molecule has 0 saturated carbocycles. The zero-order valence-electron chi connectivity index (χ0n) is 21.3. The molecule has 2 aromatic carbocycles. The molecule has 1 N–H and O–H groups in total. The van der Waals surface area contributed by atoms with E-state index in [1.807, 2.05) is 17.3 Å². The summed E-state index contributed by atoms with van der Waals surface area (Å²) in [5.41, 5.74) is 5.63. The van der Waals surface area contributed by atoms with Gasteiger partial charge >= 0.3 is 0 Å². The maximum absolute atomic E-state index is 6.18. The first kappa shape index (κ1) is 23.9. The predicted molar refractivity (Wildman–Crippen MR) is 147 cm³/mol. The van der Waals surface area contributed by atoms with Crippen molar-refractivity contribution in [2.45, 2.75) is 18.9 Å². The number of hydrogen-bond acceptors (Lipinski definition) is 8. The summed E-state index contributed by atoms with van der Waals surface area (Å²) < 4.78 is 5.56. The van der Waals surface area contributed by atoms with Gasteiger partial charge in [0.05, 0.1) is 25.9 Å². The van der Waals surface area contributed by atoms with Crippen molar-refractivity contribution in [3.8, 4) is 0 Å². The molecular weight excluding hydrogens is 464 g/mol. The average Bonchev–Trinajstić information content (AvgIpc) is 3.45. The zero-order valence-corrected chi connectivity index (χ0v) is 21.3. The molecule has 3 aromatic rings. The minimum Gasteiger partial charge on any atom is -0.377 e. The van der Waals surface area contributed by atoms with E-state index < -0.39 is 0 Å². The Morgan fingerprint density at radius 2 is 1.76 bits per heavy atom. The van der Waals surface area contributed by atoms with E-state index in [-0.39, 0.29) is 6.04 Å². The maximum atomic E-state index is 6.18. The van der Waals surface area contributed by atoms with Gasteiger partial charge in [0.25, 0.3) is 0 Å². The minimum atomic E-state index is 0.103. The Bertz CT molecular complexity index is 1220. The summed E-state index contributed by atoms with van der Waals surface area (Å²) in [6.07, 6.45) is 5.79. The van der Waals surface area contributed by atoms with Crippen molar-refractivity contribution >= 4 is 28.7 Å². The molecule has 3 aliphatic heterocycles. The van der Waals surface area contributed by atoms with E-state index in [1.54, 1.807) is 0 Å². The van der Waals surface area contributed by atoms with Crippen molar-refractivity contribution in [3.05, 3.63) is 78.0 Å². The lowest BCUT2D eigenvalue weighted by atomic mass is 10.0. The molecule has 0 unspecified atom stereocenters. The fourth-order valence-corrected chi connectivity index (χ4v) is 5.20.